The van der Waals surface area contributed by atoms with E-state index in [-0.39, 0.29) is 11.9 Å². The van der Waals surface area contributed by atoms with Gasteiger partial charge in [0.15, 0.2) is 0 Å². The highest BCUT2D eigenvalue weighted by Crippen LogP contribution is 2.20. The predicted molar refractivity (Wildman–Crippen MR) is 76.2 cm³/mol. The summed E-state index contributed by atoms with van der Waals surface area (Å²) in [4.78, 5) is 5.54. The molecule has 1 aromatic heterocycles. The van der Waals surface area contributed by atoms with E-state index in [2.05, 4.69) is 33.2 Å². The van der Waals surface area contributed by atoms with E-state index in [1.807, 2.05) is 19.2 Å². The predicted octanol–water partition coefficient (Wildman–Crippen LogP) is 4.20. The van der Waals surface area contributed by atoms with Crippen LogP contribution in [-0.2, 0) is 6.54 Å². The van der Waals surface area contributed by atoms with Crippen LogP contribution in [0, 0.1) is 12.7 Å². The van der Waals surface area contributed by atoms with Crippen molar-refractivity contribution in [3.05, 3.63) is 50.1 Å². The number of thiazole rings is 1. The Labute approximate surface area is 118 Å². The largest absolute Gasteiger partial charge is 0.304 e. The molecule has 0 saturated carbocycles. The Morgan fingerprint density at radius 2 is 2.22 bits per heavy atom. The molecule has 0 aliphatic carbocycles. The molecule has 0 amide bonds. The van der Waals surface area contributed by atoms with Crippen LogP contribution in [0.4, 0.5) is 4.39 Å². The zero-order valence-corrected chi connectivity index (χ0v) is 12.6. The molecule has 0 fully saturated rings. The molecule has 0 saturated heterocycles. The minimum Gasteiger partial charge on any atom is -0.304 e. The van der Waals surface area contributed by atoms with Crippen molar-refractivity contribution in [2.75, 3.05) is 0 Å². The standard InChI is InChI=1S/C13H14BrFN2S/c1-8-6-17-13(18-8)9(2)16-7-10-3-11(14)5-12(15)4-10/h3-6,9,16H,7H2,1-2H3. The van der Waals surface area contributed by atoms with Gasteiger partial charge < -0.3 is 5.32 Å². The van der Waals surface area contributed by atoms with Crippen LogP contribution in [0.25, 0.3) is 0 Å². The van der Waals surface area contributed by atoms with Crippen LogP contribution in [0.2, 0.25) is 0 Å². The Morgan fingerprint density at radius 3 is 2.83 bits per heavy atom. The first-order valence-electron chi connectivity index (χ1n) is 5.65. The van der Waals surface area contributed by atoms with E-state index in [1.165, 1.54) is 17.0 Å². The molecule has 5 heteroatoms. The quantitative estimate of drug-likeness (QED) is 0.909. The number of benzene rings is 1. The molecule has 1 N–H and O–H groups in total. The molecule has 2 rings (SSSR count). The van der Waals surface area contributed by atoms with Gasteiger partial charge in [-0.15, -0.1) is 11.3 Å². The molecule has 0 spiro atoms. The van der Waals surface area contributed by atoms with Gasteiger partial charge in [0, 0.05) is 22.1 Å². The first kappa shape index (κ1) is 13.6. The Bertz CT molecular complexity index is 521. The van der Waals surface area contributed by atoms with Crippen molar-refractivity contribution in [2.24, 2.45) is 0 Å². The van der Waals surface area contributed by atoms with Gasteiger partial charge in [-0.3, -0.25) is 0 Å². The van der Waals surface area contributed by atoms with Crippen molar-refractivity contribution in [1.29, 1.82) is 0 Å². The Kier molecular flexibility index (Phi) is 4.48. The highest BCUT2D eigenvalue weighted by molar-refractivity contribution is 9.10. The lowest BCUT2D eigenvalue weighted by Gasteiger charge is -2.11. The molecule has 2 aromatic rings. The smallest absolute Gasteiger partial charge is 0.124 e. The molecule has 0 aliphatic heterocycles. The van der Waals surface area contributed by atoms with E-state index >= 15 is 0 Å². The fourth-order valence-corrected chi connectivity index (χ4v) is 2.96. The molecule has 18 heavy (non-hydrogen) atoms. The third-order valence-corrected chi connectivity index (χ3v) is 4.10. The third-order valence-electron chi connectivity index (χ3n) is 2.54. The van der Waals surface area contributed by atoms with E-state index in [0.717, 1.165) is 15.0 Å². The molecule has 0 radical (unpaired) electrons. The van der Waals surface area contributed by atoms with Crippen molar-refractivity contribution in [3.63, 3.8) is 0 Å². The van der Waals surface area contributed by atoms with Crippen LogP contribution in [-0.4, -0.2) is 4.98 Å². The molecular weight excluding hydrogens is 315 g/mol. The molecule has 2 nitrogen and oxygen atoms in total. The average Bonchev–Trinajstić information content (AvgIpc) is 2.71. The minimum atomic E-state index is -0.223. The summed E-state index contributed by atoms with van der Waals surface area (Å²) in [7, 11) is 0. The lowest BCUT2D eigenvalue weighted by atomic mass is 10.2. The summed E-state index contributed by atoms with van der Waals surface area (Å²) in [6.07, 6.45) is 1.87. The molecule has 96 valence electrons. The number of hydrogen-bond donors (Lipinski definition) is 1. The second-order valence-electron chi connectivity index (χ2n) is 4.19. The van der Waals surface area contributed by atoms with Crippen molar-refractivity contribution >= 4 is 27.3 Å². The number of nitrogens with one attached hydrogen (secondary N) is 1. The van der Waals surface area contributed by atoms with Gasteiger partial charge in [0.2, 0.25) is 0 Å². The molecular formula is C13H14BrFN2S. The SMILES string of the molecule is Cc1cnc(C(C)NCc2cc(F)cc(Br)c2)s1. The van der Waals surface area contributed by atoms with Gasteiger partial charge in [-0.25, -0.2) is 9.37 Å². The van der Waals surface area contributed by atoms with Gasteiger partial charge in [0.25, 0.3) is 0 Å². The average molecular weight is 329 g/mol. The number of aromatic nitrogens is 1. The van der Waals surface area contributed by atoms with Crippen LogP contribution in [0.15, 0.2) is 28.9 Å². The van der Waals surface area contributed by atoms with E-state index in [1.54, 1.807) is 11.3 Å². The van der Waals surface area contributed by atoms with Crippen LogP contribution >= 0.6 is 27.3 Å². The summed E-state index contributed by atoms with van der Waals surface area (Å²) in [5.41, 5.74) is 0.919. The molecule has 1 atom stereocenters. The minimum absolute atomic E-state index is 0.172. The maximum Gasteiger partial charge on any atom is 0.124 e. The van der Waals surface area contributed by atoms with Crippen LogP contribution in [0.5, 0.6) is 0 Å². The van der Waals surface area contributed by atoms with Crippen molar-refractivity contribution in [1.82, 2.24) is 10.3 Å². The molecule has 1 aromatic carbocycles. The van der Waals surface area contributed by atoms with Crippen LogP contribution < -0.4 is 5.32 Å². The lowest BCUT2D eigenvalue weighted by Crippen LogP contribution is -2.17. The number of hydrogen-bond acceptors (Lipinski definition) is 3. The Hall–Kier alpha value is -0.780. The number of nitrogens with zero attached hydrogens (tertiary/aromatic N) is 1. The second-order valence-corrected chi connectivity index (χ2v) is 6.37. The van der Waals surface area contributed by atoms with E-state index in [4.69, 9.17) is 0 Å². The fourth-order valence-electron chi connectivity index (χ4n) is 1.64. The van der Waals surface area contributed by atoms with Crippen molar-refractivity contribution < 1.29 is 4.39 Å². The highest BCUT2D eigenvalue weighted by atomic mass is 79.9. The number of aryl methyl sites for hydroxylation is 1. The zero-order chi connectivity index (χ0) is 13.1. The molecule has 1 heterocycles. The molecule has 0 aliphatic rings. The van der Waals surface area contributed by atoms with Gasteiger partial charge in [-0.1, -0.05) is 15.9 Å². The van der Waals surface area contributed by atoms with Gasteiger partial charge in [0.05, 0.1) is 6.04 Å². The van der Waals surface area contributed by atoms with Crippen molar-refractivity contribution in [2.45, 2.75) is 26.4 Å². The Morgan fingerprint density at radius 1 is 1.44 bits per heavy atom. The van der Waals surface area contributed by atoms with Crippen molar-refractivity contribution in [3.8, 4) is 0 Å². The molecule has 0 bridgehead atoms. The monoisotopic (exact) mass is 328 g/mol. The van der Waals surface area contributed by atoms with Crippen LogP contribution in [0.3, 0.4) is 0 Å². The van der Waals surface area contributed by atoms with Gasteiger partial charge in [-0.05, 0) is 37.6 Å². The normalized spacial score (nSPS) is 12.7. The summed E-state index contributed by atoms with van der Waals surface area (Å²) < 4.78 is 14.0. The summed E-state index contributed by atoms with van der Waals surface area (Å²) >= 11 is 4.97. The zero-order valence-electron chi connectivity index (χ0n) is 10.2. The van der Waals surface area contributed by atoms with Gasteiger partial charge >= 0.3 is 0 Å². The van der Waals surface area contributed by atoms with E-state index in [0.29, 0.717) is 6.54 Å². The summed E-state index contributed by atoms with van der Waals surface area (Å²) in [5.74, 6) is -0.223. The summed E-state index contributed by atoms with van der Waals surface area (Å²) in [5, 5.41) is 4.40. The van der Waals surface area contributed by atoms with E-state index in [9.17, 15) is 4.39 Å². The third kappa shape index (κ3) is 3.60. The number of halogens is 2. The van der Waals surface area contributed by atoms with Gasteiger partial charge in [-0.2, -0.15) is 0 Å². The summed E-state index contributed by atoms with van der Waals surface area (Å²) in [6.45, 7) is 4.72. The van der Waals surface area contributed by atoms with E-state index < -0.39 is 0 Å². The summed E-state index contributed by atoms with van der Waals surface area (Å²) in [6, 6.07) is 5.08. The fraction of sp³-hybridized carbons (Fsp3) is 0.308. The topological polar surface area (TPSA) is 24.9 Å². The second kappa shape index (κ2) is 5.91. The number of rotatable bonds is 4. The molecule has 1 unspecified atom stereocenters. The maximum atomic E-state index is 13.2. The van der Waals surface area contributed by atoms with Gasteiger partial charge in [0.1, 0.15) is 10.8 Å². The first-order chi connectivity index (χ1) is 8.54. The first-order valence-corrected chi connectivity index (χ1v) is 7.26. The lowest BCUT2D eigenvalue weighted by molar-refractivity contribution is 0.566. The Balaban J connectivity index is 1.99. The maximum absolute atomic E-state index is 13.2. The van der Waals surface area contributed by atoms with Crippen LogP contribution in [0.1, 0.15) is 28.4 Å². The highest BCUT2D eigenvalue weighted by Gasteiger charge is 2.09.